The highest BCUT2D eigenvalue weighted by atomic mass is 35.5. The zero-order chi connectivity index (χ0) is 13.9. The van der Waals surface area contributed by atoms with Gasteiger partial charge in [0.2, 0.25) is 5.76 Å². The number of aryl methyl sites for hydroxylation is 1. The molecule has 3 rings (SSSR count). The van der Waals surface area contributed by atoms with E-state index in [1.165, 1.54) is 5.56 Å². The summed E-state index contributed by atoms with van der Waals surface area (Å²) in [5.41, 5.74) is 2.84. The van der Waals surface area contributed by atoms with Crippen molar-refractivity contribution < 1.29 is 9.32 Å². The van der Waals surface area contributed by atoms with Crippen molar-refractivity contribution in [3.8, 4) is 11.3 Å². The average Bonchev–Trinajstić information content (AvgIpc) is 2.98. The first-order valence-electron chi connectivity index (χ1n) is 6.78. The molecule has 1 saturated heterocycles. The number of halogens is 1. The number of rotatable bonds is 2. The van der Waals surface area contributed by atoms with Crippen LogP contribution in [-0.4, -0.2) is 42.1 Å². The molecule has 1 N–H and O–H groups in total. The maximum Gasteiger partial charge on any atom is 0.292 e. The molecule has 2 aromatic rings. The number of amides is 1. The largest absolute Gasteiger partial charge is 0.350 e. The number of piperazine rings is 1. The zero-order valence-electron chi connectivity index (χ0n) is 11.8. The summed E-state index contributed by atoms with van der Waals surface area (Å²) in [5, 5.41) is 7.21. The minimum Gasteiger partial charge on any atom is -0.350 e. The standard InChI is InChI=1S/C15H17N3O2.ClH/c1-11-2-4-12(5-3-11)13-10-14(20-17-13)15(19)18-8-6-16-7-9-18;/h2-5,10,16H,6-9H2,1H3;1H. The molecular formula is C15H18ClN3O2. The molecule has 0 unspecified atom stereocenters. The van der Waals surface area contributed by atoms with Gasteiger partial charge in [-0.05, 0) is 6.92 Å². The summed E-state index contributed by atoms with van der Waals surface area (Å²) in [6.07, 6.45) is 0. The van der Waals surface area contributed by atoms with Gasteiger partial charge in [-0.3, -0.25) is 4.79 Å². The Bertz CT molecular complexity index is 604. The number of hydrogen-bond donors (Lipinski definition) is 1. The van der Waals surface area contributed by atoms with Crippen molar-refractivity contribution in [1.29, 1.82) is 0 Å². The molecule has 0 saturated carbocycles. The highest BCUT2D eigenvalue weighted by molar-refractivity contribution is 5.92. The van der Waals surface area contributed by atoms with Crippen molar-refractivity contribution in [2.24, 2.45) is 0 Å². The van der Waals surface area contributed by atoms with Gasteiger partial charge in [-0.1, -0.05) is 35.0 Å². The van der Waals surface area contributed by atoms with Gasteiger partial charge < -0.3 is 14.7 Å². The molecule has 5 nitrogen and oxygen atoms in total. The maximum absolute atomic E-state index is 12.3. The van der Waals surface area contributed by atoms with Crippen LogP contribution in [0.4, 0.5) is 0 Å². The van der Waals surface area contributed by atoms with Gasteiger partial charge in [0.15, 0.2) is 0 Å². The molecule has 2 heterocycles. The molecule has 1 aliphatic heterocycles. The van der Waals surface area contributed by atoms with Gasteiger partial charge in [-0.15, -0.1) is 12.4 Å². The van der Waals surface area contributed by atoms with Crippen molar-refractivity contribution in [2.45, 2.75) is 6.92 Å². The van der Waals surface area contributed by atoms with Crippen molar-refractivity contribution in [3.63, 3.8) is 0 Å². The SMILES string of the molecule is Cc1ccc(-c2cc(C(=O)N3CCNCC3)on2)cc1.Cl. The number of aromatic nitrogens is 1. The highest BCUT2D eigenvalue weighted by Crippen LogP contribution is 2.20. The molecule has 6 heteroatoms. The second kappa shape index (κ2) is 6.74. The number of nitrogens with zero attached hydrogens (tertiary/aromatic N) is 2. The summed E-state index contributed by atoms with van der Waals surface area (Å²) < 4.78 is 5.20. The van der Waals surface area contributed by atoms with Gasteiger partial charge in [0, 0.05) is 37.8 Å². The predicted octanol–water partition coefficient (Wildman–Crippen LogP) is 2.12. The Morgan fingerprint density at radius 3 is 2.57 bits per heavy atom. The third kappa shape index (κ3) is 3.43. The summed E-state index contributed by atoms with van der Waals surface area (Å²) >= 11 is 0. The van der Waals surface area contributed by atoms with Crippen LogP contribution in [0.3, 0.4) is 0 Å². The molecule has 0 bridgehead atoms. The summed E-state index contributed by atoms with van der Waals surface area (Å²) in [4.78, 5) is 14.1. The Morgan fingerprint density at radius 1 is 1.24 bits per heavy atom. The second-order valence-electron chi connectivity index (χ2n) is 4.98. The van der Waals surface area contributed by atoms with E-state index < -0.39 is 0 Å². The highest BCUT2D eigenvalue weighted by Gasteiger charge is 2.22. The Kier molecular flexibility index (Phi) is 4.98. The molecule has 21 heavy (non-hydrogen) atoms. The zero-order valence-corrected chi connectivity index (χ0v) is 12.7. The normalized spacial score (nSPS) is 14.6. The van der Waals surface area contributed by atoms with E-state index in [-0.39, 0.29) is 18.3 Å². The average molecular weight is 308 g/mol. The van der Waals surface area contributed by atoms with Crippen LogP contribution in [-0.2, 0) is 0 Å². The third-order valence-corrected chi connectivity index (χ3v) is 3.47. The van der Waals surface area contributed by atoms with Gasteiger partial charge >= 0.3 is 0 Å². The summed E-state index contributed by atoms with van der Waals surface area (Å²) in [7, 11) is 0. The van der Waals surface area contributed by atoms with Gasteiger partial charge in [-0.25, -0.2) is 0 Å². The molecule has 0 atom stereocenters. The van der Waals surface area contributed by atoms with E-state index >= 15 is 0 Å². The van der Waals surface area contributed by atoms with E-state index in [1.807, 2.05) is 31.2 Å². The summed E-state index contributed by atoms with van der Waals surface area (Å²) in [6.45, 7) is 5.10. The Hall–Kier alpha value is -1.85. The van der Waals surface area contributed by atoms with Crippen molar-refractivity contribution in [3.05, 3.63) is 41.7 Å². The molecule has 1 aromatic heterocycles. The predicted molar refractivity (Wildman–Crippen MR) is 82.7 cm³/mol. The van der Waals surface area contributed by atoms with E-state index in [1.54, 1.807) is 11.0 Å². The van der Waals surface area contributed by atoms with Crippen LogP contribution < -0.4 is 5.32 Å². The van der Waals surface area contributed by atoms with Crippen LogP contribution in [0.25, 0.3) is 11.3 Å². The van der Waals surface area contributed by atoms with Gasteiger partial charge in [0.25, 0.3) is 5.91 Å². The third-order valence-electron chi connectivity index (χ3n) is 3.47. The van der Waals surface area contributed by atoms with Gasteiger partial charge in [-0.2, -0.15) is 0 Å². The topological polar surface area (TPSA) is 58.4 Å². The van der Waals surface area contributed by atoms with E-state index in [2.05, 4.69) is 10.5 Å². The monoisotopic (exact) mass is 307 g/mol. The van der Waals surface area contributed by atoms with Crippen molar-refractivity contribution in [1.82, 2.24) is 15.4 Å². The van der Waals surface area contributed by atoms with E-state index in [0.717, 1.165) is 18.7 Å². The minimum atomic E-state index is -0.0858. The number of benzene rings is 1. The first-order valence-corrected chi connectivity index (χ1v) is 6.78. The number of carbonyl (C=O) groups excluding carboxylic acids is 1. The Balaban J connectivity index is 0.00000161. The van der Waals surface area contributed by atoms with Gasteiger partial charge in [0.05, 0.1) is 0 Å². The molecule has 0 spiro atoms. The van der Waals surface area contributed by atoms with Crippen LogP contribution in [0.15, 0.2) is 34.9 Å². The smallest absolute Gasteiger partial charge is 0.292 e. The van der Waals surface area contributed by atoms with Crippen LogP contribution in [0.1, 0.15) is 16.1 Å². The molecule has 0 aliphatic carbocycles. The first-order chi connectivity index (χ1) is 9.74. The lowest BCUT2D eigenvalue weighted by Gasteiger charge is -2.26. The molecule has 0 radical (unpaired) electrons. The van der Waals surface area contributed by atoms with Crippen LogP contribution >= 0.6 is 12.4 Å². The Morgan fingerprint density at radius 2 is 1.90 bits per heavy atom. The molecule has 112 valence electrons. The van der Waals surface area contributed by atoms with Crippen LogP contribution in [0.2, 0.25) is 0 Å². The Labute approximate surface area is 129 Å². The second-order valence-corrected chi connectivity index (χ2v) is 4.98. The molecular weight excluding hydrogens is 290 g/mol. The van der Waals surface area contributed by atoms with E-state index in [0.29, 0.717) is 24.5 Å². The fourth-order valence-electron chi connectivity index (χ4n) is 2.26. The maximum atomic E-state index is 12.3. The number of nitrogens with one attached hydrogen (secondary N) is 1. The summed E-state index contributed by atoms with van der Waals surface area (Å²) in [5.74, 6) is 0.222. The fraction of sp³-hybridized carbons (Fsp3) is 0.333. The van der Waals surface area contributed by atoms with Crippen molar-refractivity contribution in [2.75, 3.05) is 26.2 Å². The number of carbonyl (C=O) groups is 1. The minimum absolute atomic E-state index is 0. The van der Waals surface area contributed by atoms with E-state index in [9.17, 15) is 4.79 Å². The fourth-order valence-corrected chi connectivity index (χ4v) is 2.26. The van der Waals surface area contributed by atoms with E-state index in [4.69, 9.17) is 4.52 Å². The van der Waals surface area contributed by atoms with Crippen LogP contribution in [0, 0.1) is 6.92 Å². The molecule has 1 amide bonds. The molecule has 1 aromatic carbocycles. The van der Waals surface area contributed by atoms with Gasteiger partial charge in [0.1, 0.15) is 5.69 Å². The first kappa shape index (κ1) is 15.5. The lowest BCUT2D eigenvalue weighted by atomic mass is 10.1. The quantitative estimate of drug-likeness (QED) is 0.923. The summed E-state index contributed by atoms with van der Waals surface area (Å²) in [6, 6.07) is 9.71. The number of hydrogen-bond acceptors (Lipinski definition) is 4. The molecule has 1 fully saturated rings. The lowest BCUT2D eigenvalue weighted by Crippen LogP contribution is -2.46. The van der Waals surface area contributed by atoms with Crippen LogP contribution in [0.5, 0.6) is 0 Å². The lowest BCUT2D eigenvalue weighted by molar-refractivity contribution is 0.0694. The van der Waals surface area contributed by atoms with Crippen molar-refractivity contribution >= 4 is 18.3 Å². The molecule has 1 aliphatic rings.